The molecule has 0 spiro atoms. The first-order chi connectivity index (χ1) is 12.6. The monoisotopic (exact) mass is 366 g/mol. The zero-order valence-electron chi connectivity index (χ0n) is 14.1. The van der Waals surface area contributed by atoms with E-state index < -0.39 is 0 Å². The van der Waals surface area contributed by atoms with Gasteiger partial charge in [-0.15, -0.1) is 0 Å². The molecule has 0 saturated carbocycles. The minimum Gasteiger partial charge on any atom is -0.397 e. The summed E-state index contributed by atoms with van der Waals surface area (Å²) in [7, 11) is 0. The fraction of sp³-hybridized carbons (Fsp3) is 0.100. The molecule has 3 N–H and O–H groups in total. The predicted molar refractivity (Wildman–Crippen MR) is 106 cm³/mol. The van der Waals surface area contributed by atoms with Crippen LogP contribution in [0, 0.1) is 0 Å². The average molecular weight is 367 g/mol. The summed E-state index contributed by atoms with van der Waals surface area (Å²) >= 11 is 5.88. The number of nitrogens with zero attached hydrogens (tertiary/aromatic N) is 2. The number of hydrogen-bond donors (Lipinski definition) is 2. The van der Waals surface area contributed by atoms with Gasteiger partial charge in [0.1, 0.15) is 0 Å². The number of hydrogen-bond acceptors (Lipinski definition) is 4. The molecule has 1 heterocycles. The van der Waals surface area contributed by atoms with E-state index in [1.807, 2.05) is 47.4 Å². The van der Waals surface area contributed by atoms with Crippen molar-refractivity contribution in [1.29, 1.82) is 0 Å². The molecule has 26 heavy (non-hydrogen) atoms. The second-order valence-electron chi connectivity index (χ2n) is 5.79. The summed E-state index contributed by atoms with van der Waals surface area (Å²) in [5, 5.41) is 3.50. The zero-order chi connectivity index (χ0) is 18.4. The summed E-state index contributed by atoms with van der Waals surface area (Å²) < 4.78 is 0. The Morgan fingerprint density at radius 2 is 1.77 bits per heavy atom. The summed E-state index contributed by atoms with van der Waals surface area (Å²) in [5.41, 5.74) is 9.07. The van der Waals surface area contributed by atoms with Crippen molar-refractivity contribution >= 4 is 34.6 Å². The van der Waals surface area contributed by atoms with Crippen LogP contribution in [0.3, 0.4) is 0 Å². The van der Waals surface area contributed by atoms with Crippen molar-refractivity contribution in [3.63, 3.8) is 0 Å². The lowest BCUT2D eigenvalue weighted by molar-refractivity contribution is -0.115. The molecule has 0 aliphatic carbocycles. The average Bonchev–Trinajstić information content (AvgIpc) is 2.64. The van der Waals surface area contributed by atoms with E-state index in [1.54, 1.807) is 30.5 Å². The molecule has 3 rings (SSSR count). The molecule has 132 valence electrons. The van der Waals surface area contributed by atoms with Crippen molar-refractivity contribution in [3.05, 3.63) is 83.6 Å². The van der Waals surface area contributed by atoms with Gasteiger partial charge in [-0.05, 0) is 48.5 Å². The van der Waals surface area contributed by atoms with Gasteiger partial charge >= 0.3 is 0 Å². The fourth-order valence-corrected chi connectivity index (χ4v) is 2.72. The van der Waals surface area contributed by atoms with Crippen LogP contribution in [0.5, 0.6) is 0 Å². The summed E-state index contributed by atoms with van der Waals surface area (Å²) in [6.07, 6.45) is 1.73. The van der Waals surface area contributed by atoms with Crippen LogP contribution in [0.2, 0.25) is 5.02 Å². The fourth-order valence-electron chi connectivity index (χ4n) is 2.60. The van der Waals surface area contributed by atoms with Gasteiger partial charge in [0.15, 0.2) is 0 Å². The highest BCUT2D eigenvalue weighted by molar-refractivity contribution is 6.30. The molecule has 0 radical (unpaired) electrons. The SMILES string of the molecule is Nc1ccccc1N(CC(=O)Nc1ccc(Cl)cc1)Cc1ccccn1. The Balaban J connectivity index is 1.77. The van der Waals surface area contributed by atoms with Gasteiger partial charge in [-0.25, -0.2) is 0 Å². The second-order valence-corrected chi connectivity index (χ2v) is 6.23. The van der Waals surface area contributed by atoms with Crippen LogP contribution in [0.25, 0.3) is 0 Å². The predicted octanol–water partition coefficient (Wildman–Crippen LogP) is 3.96. The Kier molecular flexibility index (Phi) is 5.71. The molecule has 0 atom stereocenters. The summed E-state index contributed by atoms with van der Waals surface area (Å²) in [4.78, 5) is 18.8. The van der Waals surface area contributed by atoms with E-state index in [-0.39, 0.29) is 12.5 Å². The molecule has 0 saturated heterocycles. The third kappa shape index (κ3) is 4.74. The Hall–Kier alpha value is -3.05. The number of anilines is 3. The van der Waals surface area contributed by atoms with E-state index in [9.17, 15) is 4.79 Å². The molecular weight excluding hydrogens is 348 g/mol. The van der Waals surface area contributed by atoms with E-state index in [1.165, 1.54) is 0 Å². The minimum atomic E-state index is -0.147. The molecule has 0 aliphatic heterocycles. The number of benzene rings is 2. The molecule has 1 aromatic heterocycles. The highest BCUT2D eigenvalue weighted by Crippen LogP contribution is 2.24. The first-order valence-corrected chi connectivity index (χ1v) is 8.54. The first kappa shape index (κ1) is 17.8. The smallest absolute Gasteiger partial charge is 0.243 e. The van der Waals surface area contributed by atoms with E-state index in [4.69, 9.17) is 17.3 Å². The second kappa shape index (κ2) is 8.36. The largest absolute Gasteiger partial charge is 0.397 e. The number of para-hydroxylation sites is 2. The number of halogens is 1. The molecule has 1 amide bonds. The number of rotatable bonds is 6. The Labute approximate surface area is 157 Å². The van der Waals surface area contributed by atoms with Gasteiger partial charge in [0, 0.05) is 16.9 Å². The number of aromatic nitrogens is 1. The maximum absolute atomic E-state index is 12.5. The lowest BCUT2D eigenvalue weighted by Gasteiger charge is -2.25. The van der Waals surface area contributed by atoms with E-state index in [0.717, 1.165) is 11.4 Å². The van der Waals surface area contributed by atoms with Crippen LogP contribution in [0.1, 0.15) is 5.69 Å². The maximum Gasteiger partial charge on any atom is 0.243 e. The number of carbonyl (C=O) groups excluding carboxylic acids is 1. The van der Waals surface area contributed by atoms with Gasteiger partial charge in [-0.3, -0.25) is 9.78 Å². The highest BCUT2D eigenvalue weighted by Gasteiger charge is 2.15. The lowest BCUT2D eigenvalue weighted by atomic mass is 10.2. The maximum atomic E-state index is 12.5. The van der Waals surface area contributed by atoms with Gasteiger partial charge in [-0.2, -0.15) is 0 Å². The number of carbonyl (C=O) groups is 1. The van der Waals surface area contributed by atoms with Gasteiger partial charge in [0.25, 0.3) is 0 Å². The molecule has 0 unspecified atom stereocenters. The summed E-state index contributed by atoms with van der Waals surface area (Å²) in [6, 6.07) is 20.2. The third-order valence-corrected chi connectivity index (χ3v) is 4.07. The normalized spacial score (nSPS) is 10.3. The number of nitrogen functional groups attached to an aromatic ring is 1. The van der Waals surface area contributed by atoms with Crippen LogP contribution in [0.4, 0.5) is 17.1 Å². The number of nitrogens with two attached hydrogens (primary N) is 1. The van der Waals surface area contributed by atoms with Crippen molar-refractivity contribution in [2.45, 2.75) is 6.54 Å². The molecule has 0 aliphatic rings. The topological polar surface area (TPSA) is 71.2 Å². The van der Waals surface area contributed by atoms with Crippen LogP contribution >= 0.6 is 11.6 Å². The molecule has 6 heteroatoms. The summed E-state index contributed by atoms with van der Waals surface area (Å²) in [5.74, 6) is -0.147. The first-order valence-electron chi connectivity index (χ1n) is 8.16. The van der Waals surface area contributed by atoms with Crippen molar-refractivity contribution in [2.75, 3.05) is 22.5 Å². The highest BCUT2D eigenvalue weighted by atomic mass is 35.5. The quantitative estimate of drug-likeness (QED) is 0.648. The van der Waals surface area contributed by atoms with Crippen molar-refractivity contribution < 1.29 is 4.79 Å². The molecule has 5 nitrogen and oxygen atoms in total. The number of amides is 1. The van der Waals surface area contributed by atoms with Gasteiger partial charge in [0.05, 0.1) is 30.2 Å². The standard InChI is InChI=1S/C20H19ClN4O/c21-15-8-10-16(11-9-15)24-20(26)14-25(13-17-5-3-4-12-23-17)19-7-2-1-6-18(19)22/h1-12H,13-14,22H2,(H,24,26). The lowest BCUT2D eigenvalue weighted by Crippen LogP contribution is -2.33. The Morgan fingerprint density at radius 3 is 2.46 bits per heavy atom. The molecule has 0 fully saturated rings. The van der Waals surface area contributed by atoms with E-state index >= 15 is 0 Å². The van der Waals surface area contributed by atoms with Gasteiger partial charge in [-0.1, -0.05) is 29.8 Å². The van der Waals surface area contributed by atoms with E-state index in [2.05, 4.69) is 10.3 Å². The minimum absolute atomic E-state index is 0.146. The molecule has 3 aromatic rings. The van der Waals surface area contributed by atoms with Crippen LogP contribution in [-0.4, -0.2) is 17.4 Å². The van der Waals surface area contributed by atoms with Crippen molar-refractivity contribution in [3.8, 4) is 0 Å². The summed E-state index contributed by atoms with van der Waals surface area (Å²) in [6.45, 7) is 0.622. The number of nitrogens with one attached hydrogen (secondary N) is 1. The third-order valence-electron chi connectivity index (χ3n) is 3.82. The van der Waals surface area contributed by atoms with E-state index in [0.29, 0.717) is 22.9 Å². The van der Waals surface area contributed by atoms with Crippen LogP contribution in [0.15, 0.2) is 72.9 Å². The molecular formula is C20H19ClN4O. The van der Waals surface area contributed by atoms with Gasteiger partial charge in [0.2, 0.25) is 5.91 Å². The zero-order valence-corrected chi connectivity index (χ0v) is 14.9. The number of pyridine rings is 1. The van der Waals surface area contributed by atoms with Crippen LogP contribution in [-0.2, 0) is 11.3 Å². The molecule has 0 bridgehead atoms. The van der Waals surface area contributed by atoms with Crippen molar-refractivity contribution in [1.82, 2.24) is 4.98 Å². The van der Waals surface area contributed by atoms with Gasteiger partial charge < -0.3 is 16.0 Å². The Bertz CT molecular complexity index is 868. The Morgan fingerprint density at radius 1 is 1.04 bits per heavy atom. The molecule has 2 aromatic carbocycles. The van der Waals surface area contributed by atoms with Crippen molar-refractivity contribution in [2.24, 2.45) is 0 Å². The van der Waals surface area contributed by atoms with Crippen LogP contribution < -0.4 is 16.0 Å².